The van der Waals surface area contributed by atoms with Crippen LogP contribution in [0.15, 0.2) is 54.6 Å². The molecule has 1 unspecified atom stereocenters. The van der Waals surface area contributed by atoms with E-state index in [9.17, 15) is 4.79 Å². The van der Waals surface area contributed by atoms with Gasteiger partial charge >= 0.3 is 0 Å². The molecule has 0 saturated carbocycles. The molecule has 1 fully saturated rings. The first kappa shape index (κ1) is 17.5. The van der Waals surface area contributed by atoms with Crippen molar-refractivity contribution in [2.24, 2.45) is 0 Å². The molecule has 1 aliphatic heterocycles. The van der Waals surface area contributed by atoms with Crippen LogP contribution in [-0.2, 0) is 6.61 Å². The normalized spacial score (nSPS) is 16.6. The number of nitrogens with zero attached hydrogens (tertiary/aromatic N) is 1. The Labute approximate surface area is 149 Å². The molecule has 1 saturated heterocycles. The van der Waals surface area contributed by atoms with Crippen molar-refractivity contribution < 1.29 is 9.53 Å². The van der Waals surface area contributed by atoms with Crippen LogP contribution in [-0.4, -0.2) is 36.5 Å². The highest BCUT2D eigenvalue weighted by atomic mass is 16.5. The number of benzene rings is 2. The largest absolute Gasteiger partial charge is 0.489 e. The molecule has 0 spiro atoms. The molecular formula is C21H26N2O2. The second-order valence-corrected chi connectivity index (χ2v) is 6.44. The van der Waals surface area contributed by atoms with E-state index in [0.29, 0.717) is 12.6 Å². The molecule has 0 bridgehead atoms. The molecule has 1 heterocycles. The summed E-state index contributed by atoms with van der Waals surface area (Å²) in [6, 6.07) is 17.9. The molecule has 3 rings (SSSR count). The lowest BCUT2D eigenvalue weighted by Gasteiger charge is -2.28. The second kappa shape index (κ2) is 8.67. The highest BCUT2D eigenvalue weighted by Gasteiger charge is 2.26. The van der Waals surface area contributed by atoms with Gasteiger partial charge in [0.05, 0.1) is 0 Å². The maximum atomic E-state index is 12.9. The lowest BCUT2D eigenvalue weighted by atomic mass is 10.1. The van der Waals surface area contributed by atoms with E-state index in [-0.39, 0.29) is 5.91 Å². The Balaban J connectivity index is 1.62. The number of para-hydroxylation sites is 1. The summed E-state index contributed by atoms with van der Waals surface area (Å²) in [5.74, 6) is 0.983. The van der Waals surface area contributed by atoms with Crippen LogP contribution in [0, 0.1) is 0 Å². The van der Waals surface area contributed by atoms with Crippen molar-refractivity contribution in [3.05, 3.63) is 65.7 Å². The van der Waals surface area contributed by atoms with E-state index in [0.717, 1.165) is 49.4 Å². The predicted octanol–water partition coefficient (Wildman–Crippen LogP) is 3.48. The number of rotatable bonds is 7. The molecule has 4 heteroatoms. The van der Waals surface area contributed by atoms with E-state index < -0.39 is 0 Å². The third-order valence-electron chi connectivity index (χ3n) is 4.55. The summed E-state index contributed by atoms with van der Waals surface area (Å²) in [7, 11) is 0. The van der Waals surface area contributed by atoms with Gasteiger partial charge in [-0.25, -0.2) is 0 Å². The van der Waals surface area contributed by atoms with Crippen molar-refractivity contribution in [1.82, 2.24) is 10.2 Å². The Morgan fingerprint density at radius 1 is 1.16 bits per heavy atom. The van der Waals surface area contributed by atoms with Gasteiger partial charge in [-0.2, -0.15) is 0 Å². The smallest absolute Gasteiger partial charge is 0.254 e. The lowest BCUT2D eigenvalue weighted by molar-refractivity contribution is 0.0692. The van der Waals surface area contributed by atoms with E-state index in [2.05, 4.69) is 12.2 Å². The van der Waals surface area contributed by atoms with Gasteiger partial charge in [0.2, 0.25) is 0 Å². The van der Waals surface area contributed by atoms with Crippen molar-refractivity contribution in [1.29, 1.82) is 0 Å². The van der Waals surface area contributed by atoms with Crippen molar-refractivity contribution in [3.63, 3.8) is 0 Å². The molecule has 25 heavy (non-hydrogen) atoms. The van der Waals surface area contributed by atoms with Crippen molar-refractivity contribution >= 4 is 5.91 Å². The maximum absolute atomic E-state index is 12.9. The highest BCUT2D eigenvalue weighted by Crippen LogP contribution is 2.16. The predicted molar refractivity (Wildman–Crippen MR) is 99.8 cm³/mol. The van der Waals surface area contributed by atoms with Crippen molar-refractivity contribution in [3.8, 4) is 5.75 Å². The minimum atomic E-state index is 0.131. The summed E-state index contributed by atoms with van der Waals surface area (Å²) in [5, 5.41) is 3.35. The highest BCUT2D eigenvalue weighted by molar-refractivity contribution is 5.94. The monoisotopic (exact) mass is 338 g/mol. The first-order chi connectivity index (χ1) is 12.3. The Morgan fingerprint density at radius 2 is 1.92 bits per heavy atom. The van der Waals surface area contributed by atoms with Gasteiger partial charge < -0.3 is 15.0 Å². The van der Waals surface area contributed by atoms with Gasteiger partial charge in [0, 0.05) is 24.7 Å². The zero-order valence-corrected chi connectivity index (χ0v) is 14.8. The molecule has 2 aromatic rings. The Morgan fingerprint density at radius 3 is 2.56 bits per heavy atom. The number of carbonyl (C=O) groups excluding carboxylic acids is 1. The first-order valence-corrected chi connectivity index (χ1v) is 9.06. The summed E-state index contributed by atoms with van der Waals surface area (Å²) >= 11 is 0. The van der Waals surface area contributed by atoms with Crippen LogP contribution in [0.1, 0.15) is 35.7 Å². The minimum absolute atomic E-state index is 0.131. The molecule has 0 aromatic heterocycles. The number of nitrogens with one attached hydrogen (secondary N) is 1. The fourth-order valence-corrected chi connectivity index (χ4v) is 3.19. The average Bonchev–Trinajstić information content (AvgIpc) is 3.19. The molecule has 1 N–H and O–H groups in total. The third-order valence-corrected chi connectivity index (χ3v) is 4.55. The summed E-state index contributed by atoms with van der Waals surface area (Å²) in [4.78, 5) is 14.9. The molecule has 4 nitrogen and oxygen atoms in total. The molecule has 132 valence electrons. The van der Waals surface area contributed by atoms with Crippen LogP contribution in [0.2, 0.25) is 0 Å². The molecule has 2 aromatic carbocycles. The summed E-state index contributed by atoms with van der Waals surface area (Å²) in [6.45, 7) is 5.32. The number of carbonyl (C=O) groups is 1. The van der Waals surface area contributed by atoms with Crippen LogP contribution in [0.5, 0.6) is 5.75 Å². The number of hydrogen-bond donors (Lipinski definition) is 1. The SMILES string of the molecule is CCCN(C(=O)c1ccc(COc2ccccc2)cc1)C1CCNC1. The van der Waals surface area contributed by atoms with E-state index in [1.165, 1.54) is 0 Å². The van der Waals surface area contributed by atoms with E-state index in [1.807, 2.05) is 59.5 Å². The standard InChI is InChI=1S/C21H26N2O2/c1-2-14-23(19-12-13-22-15-19)21(24)18-10-8-17(9-11-18)16-25-20-6-4-3-5-7-20/h3-11,19,22H,2,12-16H2,1H3. The molecule has 0 radical (unpaired) electrons. The summed E-state index contributed by atoms with van der Waals surface area (Å²) in [5.41, 5.74) is 1.81. The summed E-state index contributed by atoms with van der Waals surface area (Å²) < 4.78 is 5.76. The topological polar surface area (TPSA) is 41.6 Å². The van der Waals surface area contributed by atoms with Crippen molar-refractivity contribution in [2.45, 2.75) is 32.4 Å². The Hall–Kier alpha value is -2.33. The second-order valence-electron chi connectivity index (χ2n) is 6.44. The van der Waals surface area contributed by atoms with E-state index in [4.69, 9.17) is 4.74 Å². The van der Waals surface area contributed by atoms with Gasteiger partial charge in [-0.1, -0.05) is 37.3 Å². The van der Waals surface area contributed by atoms with Gasteiger partial charge in [0.1, 0.15) is 12.4 Å². The van der Waals surface area contributed by atoms with Gasteiger partial charge in [0.25, 0.3) is 5.91 Å². The molecule has 1 amide bonds. The van der Waals surface area contributed by atoms with Crippen LogP contribution in [0.3, 0.4) is 0 Å². The average molecular weight is 338 g/mol. The molecular weight excluding hydrogens is 312 g/mol. The Kier molecular flexibility index (Phi) is 6.07. The molecule has 0 aliphatic carbocycles. The number of ether oxygens (including phenoxy) is 1. The van der Waals surface area contributed by atoms with Gasteiger partial charge in [-0.05, 0) is 49.2 Å². The van der Waals surface area contributed by atoms with E-state index >= 15 is 0 Å². The fraction of sp³-hybridized carbons (Fsp3) is 0.381. The zero-order chi connectivity index (χ0) is 17.5. The van der Waals surface area contributed by atoms with E-state index in [1.54, 1.807) is 0 Å². The van der Waals surface area contributed by atoms with Crippen LogP contribution >= 0.6 is 0 Å². The molecule has 1 aliphatic rings. The quantitative estimate of drug-likeness (QED) is 0.840. The maximum Gasteiger partial charge on any atom is 0.254 e. The minimum Gasteiger partial charge on any atom is -0.489 e. The number of amides is 1. The van der Waals surface area contributed by atoms with Crippen molar-refractivity contribution in [2.75, 3.05) is 19.6 Å². The zero-order valence-electron chi connectivity index (χ0n) is 14.8. The first-order valence-electron chi connectivity index (χ1n) is 9.06. The lowest BCUT2D eigenvalue weighted by Crippen LogP contribution is -2.42. The van der Waals surface area contributed by atoms with Gasteiger partial charge in [-0.15, -0.1) is 0 Å². The number of hydrogen-bond acceptors (Lipinski definition) is 3. The fourth-order valence-electron chi connectivity index (χ4n) is 3.19. The van der Waals surface area contributed by atoms with Gasteiger partial charge in [0.15, 0.2) is 0 Å². The van der Waals surface area contributed by atoms with Crippen LogP contribution < -0.4 is 10.1 Å². The summed E-state index contributed by atoms with van der Waals surface area (Å²) in [6.07, 6.45) is 2.01. The Bertz CT molecular complexity index is 664. The van der Waals surface area contributed by atoms with Crippen LogP contribution in [0.25, 0.3) is 0 Å². The third kappa shape index (κ3) is 4.60. The molecule has 1 atom stereocenters. The van der Waals surface area contributed by atoms with Crippen LogP contribution in [0.4, 0.5) is 0 Å². The van der Waals surface area contributed by atoms with Gasteiger partial charge in [-0.3, -0.25) is 4.79 Å².